The summed E-state index contributed by atoms with van der Waals surface area (Å²) in [5, 5.41) is 8.90. The lowest BCUT2D eigenvalue weighted by Gasteiger charge is -2.19. The maximum Gasteiger partial charge on any atom is 0.352 e. The zero-order valence-corrected chi connectivity index (χ0v) is 8.77. The molecule has 4 heteroatoms. The Morgan fingerprint density at radius 1 is 1.64 bits per heavy atom. The first kappa shape index (κ1) is 10.8. The zero-order chi connectivity index (χ0) is 10.7. The summed E-state index contributed by atoms with van der Waals surface area (Å²) < 4.78 is 1.78. The molecular weight excluding hydrogens is 180 g/mol. The Kier molecular flexibility index (Phi) is 3.30. The molecule has 78 valence electrons. The van der Waals surface area contributed by atoms with Gasteiger partial charge in [-0.2, -0.15) is 0 Å². The van der Waals surface area contributed by atoms with Crippen molar-refractivity contribution in [3.8, 4) is 0 Å². The van der Waals surface area contributed by atoms with Crippen LogP contribution >= 0.6 is 0 Å². The van der Waals surface area contributed by atoms with Crippen molar-refractivity contribution in [2.75, 3.05) is 20.6 Å². The number of carboxylic acid groups (broad SMARTS) is 1. The Morgan fingerprint density at radius 2 is 2.29 bits per heavy atom. The van der Waals surface area contributed by atoms with E-state index in [0.717, 1.165) is 6.54 Å². The van der Waals surface area contributed by atoms with Gasteiger partial charge >= 0.3 is 5.97 Å². The van der Waals surface area contributed by atoms with Crippen LogP contribution in [0.5, 0.6) is 0 Å². The highest BCUT2D eigenvalue weighted by molar-refractivity contribution is 5.85. The van der Waals surface area contributed by atoms with Crippen molar-refractivity contribution >= 4 is 5.97 Å². The molecule has 1 rings (SSSR count). The topological polar surface area (TPSA) is 45.5 Å². The molecule has 0 amide bonds. The predicted octanol–water partition coefficient (Wildman–Crippen LogP) is 1.31. The number of aromatic carboxylic acids is 1. The van der Waals surface area contributed by atoms with E-state index in [1.54, 1.807) is 22.9 Å². The van der Waals surface area contributed by atoms with Crippen LogP contribution in [0.2, 0.25) is 0 Å². The summed E-state index contributed by atoms with van der Waals surface area (Å²) in [5.41, 5.74) is 0.347. The van der Waals surface area contributed by atoms with Crippen LogP contribution in [0.1, 0.15) is 23.5 Å². The number of aromatic nitrogens is 1. The van der Waals surface area contributed by atoms with Gasteiger partial charge in [0.1, 0.15) is 5.69 Å². The molecule has 0 aliphatic heterocycles. The molecule has 0 aromatic carbocycles. The minimum absolute atomic E-state index is 0.172. The monoisotopic (exact) mass is 196 g/mol. The van der Waals surface area contributed by atoms with Crippen LogP contribution in [-0.2, 0) is 0 Å². The van der Waals surface area contributed by atoms with E-state index in [1.807, 2.05) is 25.9 Å². The van der Waals surface area contributed by atoms with E-state index >= 15 is 0 Å². The van der Waals surface area contributed by atoms with Crippen LogP contribution < -0.4 is 0 Å². The van der Waals surface area contributed by atoms with Crippen molar-refractivity contribution in [3.63, 3.8) is 0 Å². The molecule has 1 unspecified atom stereocenters. The third-order valence-corrected chi connectivity index (χ3v) is 2.10. The third kappa shape index (κ3) is 2.35. The summed E-state index contributed by atoms with van der Waals surface area (Å²) in [6.45, 7) is 2.83. The molecule has 0 radical (unpaired) electrons. The normalized spacial score (nSPS) is 13.1. The van der Waals surface area contributed by atoms with E-state index in [9.17, 15) is 4.79 Å². The molecule has 14 heavy (non-hydrogen) atoms. The van der Waals surface area contributed by atoms with Gasteiger partial charge in [-0.1, -0.05) is 0 Å². The first-order valence-electron chi connectivity index (χ1n) is 4.57. The minimum Gasteiger partial charge on any atom is -0.477 e. The fourth-order valence-electron chi connectivity index (χ4n) is 1.58. The van der Waals surface area contributed by atoms with E-state index in [-0.39, 0.29) is 6.04 Å². The molecule has 0 bridgehead atoms. The second-order valence-corrected chi connectivity index (χ2v) is 3.72. The fourth-order valence-corrected chi connectivity index (χ4v) is 1.58. The number of hydrogen-bond donors (Lipinski definition) is 1. The molecular formula is C10H16N2O2. The minimum atomic E-state index is -0.874. The molecule has 1 aromatic heterocycles. The average molecular weight is 196 g/mol. The highest BCUT2D eigenvalue weighted by Gasteiger charge is 2.13. The highest BCUT2D eigenvalue weighted by Crippen LogP contribution is 2.12. The van der Waals surface area contributed by atoms with Gasteiger partial charge in [-0.05, 0) is 33.2 Å². The van der Waals surface area contributed by atoms with Crippen LogP contribution in [0.4, 0.5) is 0 Å². The maximum absolute atomic E-state index is 10.8. The van der Waals surface area contributed by atoms with Gasteiger partial charge in [0.2, 0.25) is 0 Å². The lowest BCUT2D eigenvalue weighted by Crippen LogP contribution is -2.24. The highest BCUT2D eigenvalue weighted by atomic mass is 16.4. The summed E-state index contributed by atoms with van der Waals surface area (Å²) in [5.74, 6) is -0.874. The van der Waals surface area contributed by atoms with E-state index in [1.165, 1.54) is 0 Å². The Bertz CT molecular complexity index is 318. The molecule has 4 nitrogen and oxygen atoms in total. The predicted molar refractivity (Wildman–Crippen MR) is 54.7 cm³/mol. The van der Waals surface area contributed by atoms with Crippen LogP contribution in [0.15, 0.2) is 18.3 Å². The van der Waals surface area contributed by atoms with Crippen LogP contribution in [-0.4, -0.2) is 41.2 Å². The smallest absolute Gasteiger partial charge is 0.352 e. The van der Waals surface area contributed by atoms with Crippen LogP contribution in [0.3, 0.4) is 0 Å². The van der Waals surface area contributed by atoms with Gasteiger partial charge in [0.05, 0.1) is 0 Å². The van der Waals surface area contributed by atoms with Crippen molar-refractivity contribution in [2.45, 2.75) is 13.0 Å². The number of likely N-dealkylation sites (N-methyl/N-ethyl adjacent to an activating group) is 1. The number of carboxylic acids is 1. The number of carbonyl (C=O) groups is 1. The third-order valence-electron chi connectivity index (χ3n) is 2.10. The Morgan fingerprint density at radius 3 is 2.79 bits per heavy atom. The number of nitrogens with zero attached hydrogens (tertiary/aromatic N) is 2. The lowest BCUT2D eigenvalue weighted by atomic mass is 10.3. The number of rotatable bonds is 4. The Labute approximate surface area is 83.8 Å². The first-order chi connectivity index (χ1) is 6.52. The molecule has 1 N–H and O–H groups in total. The van der Waals surface area contributed by atoms with Gasteiger partial charge in [-0.25, -0.2) is 4.79 Å². The largest absolute Gasteiger partial charge is 0.477 e. The summed E-state index contributed by atoms with van der Waals surface area (Å²) in [6, 6.07) is 3.55. The summed E-state index contributed by atoms with van der Waals surface area (Å²) in [7, 11) is 3.95. The molecule has 0 aliphatic carbocycles. The zero-order valence-electron chi connectivity index (χ0n) is 8.77. The second kappa shape index (κ2) is 4.28. The maximum atomic E-state index is 10.8. The van der Waals surface area contributed by atoms with Crippen molar-refractivity contribution in [1.82, 2.24) is 9.47 Å². The van der Waals surface area contributed by atoms with Gasteiger partial charge < -0.3 is 14.6 Å². The van der Waals surface area contributed by atoms with Gasteiger partial charge in [0, 0.05) is 18.8 Å². The molecule has 0 saturated carbocycles. The molecule has 1 atom stereocenters. The van der Waals surface area contributed by atoms with E-state index in [2.05, 4.69) is 0 Å². The summed E-state index contributed by atoms with van der Waals surface area (Å²) in [6.07, 6.45) is 1.80. The van der Waals surface area contributed by atoms with Gasteiger partial charge in [-0.15, -0.1) is 0 Å². The summed E-state index contributed by atoms with van der Waals surface area (Å²) in [4.78, 5) is 12.9. The van der Waals surface area contributed by atoms with Crippen LogP contribution in [0.25, 0.3) is 0 Å². The molecule has 0 saturated heterocycles. The molecule has 1 heterocycles. The average Bonchev–Trinajstić information content (AvgIpc) is 2.49. The van der Waals surface area contributed by atoms with Crippen molar-refractivity contribution in [1.29, 1.82) is 0 Å². The first-order valence-corrected chi connectivity index (χ1v) is 4.57. The quantitative estimate of drug-likeness (QED) is 0.789. The van der Waals surface area contributed by atoms with Gasteiger partial charge in [0.15, 0.2) is 0 Å². The summed E-state index contributed by atoms with van der Waals surface area (Å²) >= 11 is 0. The molecule has 0 fully saturated rings. The van der Waals surface area contributed by atoms with E-state index in [4.69, 9.17) is 5.11 Å². The van der Waals surface area contributed by atoms with Crippen molar-refractivity contribution in [2.24, 2.45) is 0 Å². The van der Waals surface area contributed by atoms with Gasteiger partial charge in [-0.3, -0.25) is 0 Å². The molecule has 0 spiro atoms. The molecule has 1 aromatic rings. The Balaban J connectivity index is 2.84. The van der Waals surface area contributed by atoms with E-state index < -0.39 is 5.97 Å². The Hall–Kier alpha value is -1.29. The van der Waals surface area contributed by atoms with Crippen LogP contribution in [0, 0.1) is 0 Å². The SMILES string of the molecule is CC(CN(C)C)n1cccc1C(=O)O. The lowest BCUT2D eigenvalue weighted by molar-refractivity contribution is 0.0682. The standard InChI is InChI=1S/C10H16N2O2/c1-8(7-11(2)3)12-6-4-5-9(12)10(13)14/h4-6,8H,7H2,1-3H3,(H,13,14). The van der Waals surface area contributed by atoms with Crippen molar-refractivity contribution in [3.05, 3.63) is 24.0 Å². The van der Waals surface area contributed by atoms with E-state index in [0.29, 0.717) is 5.69 Å². The second-order valence-electron chi connectivity index (χ2n) is 3.72. The van der Waals surface area contributed by atoms with Crippen molar-refractivity contribution < 1.29 is 9.90 Å². The van der Waals surface area contributed by atoms with Gasteiger partial charge in [0.25, 0.3) is 0 Å². The fraction of sp³-hybridized carbons (Fsp3) is 0.500. The number of hydrogen-bond acceptors (Lipinski definition) is 2. The molecule has 0 aliphatic rings.